The van der Waals surface area contributed by atoms with Gasteiger partial charge in [0.25, 0.3) is 0 Å². The zero-order chi connectivity index (χ0) is 16.0. The van der Waals surface area contributed by atoms with Gasteiger partial charge in [-0.25, -0.2) is 0 Å². The van der Waals surface area contributed by atoms with Crippen LogP contribution >= 0.6 is 0 Å². The zero-order valence-corrected chi connectivity index (χ0v) is 13.4. The molecule has 120 valence electrons. The first-order valence-electron chi connectivity index (χ1n) is 6.79. The molecule has 1 heterocycles. The Bertz CT molecular complexity index is 518. The Morgan fingerprint density at radius 3 is 2.71 bits per heavy atom. The lowest BCUT2D eigenvalue weighted by Crippen LogP contribution is -2.33. The van der Waals surface area contributed by atoms with E-state index in [1.165, 1.54) is 4.68 Å². The number of aliphatic hydroxyl groups excluding tert-OH is 1. The van der Waals surface area contributed by atoms with E-state index in [4.69, 9.17) is 0 Å². The van der Waals surface area contributed by atoms with E-state index in [2.05, 4.69) is 10.4 Å². The van der Waals surface area contributed by atoms with Crippen molar-refractivity contribution in [3.05, 3.63) is 21.5 Å². The summed E-state index contributed by atoms with van der Waals surface area (Å²) in [5.41, 5.74) is 0.771. The molecule has 1 aromatic heterocycles. The van der Waals surface area contributed by atoms with Crippen LogP contribution in [0.4, 0.5) is 5.69 Å². The molecule has 0 spiro atoms. The fourth-order valence-electron chi connectivity index (χ4n) is 1.99. The second-order valence-electron chi connectivity index (χ2n) is 4.75. The van der Waals surface area contributed by atoms with E-state index in [0.717, 1.165) is 0 Å². The quantitative estimate of drug-likeness (QED) is 0.380. The van der Waals surface area contributed by atoms with E-state index in [-0.39, 0.29) is 12.2 Å². The number of aromatic nitrogens is 2. The maximum Gasteiger partial charge on any atom is 0.312 e. The van der Waals surface area contributed by atoms with Gasteiger partial charge in [-0.15, -0.1) is 0 Å². The monoisotopic (exact) mass is 318 g/mol. The van der Waals surface area contributed by atoms with Crippen LogP contribution in [0.1, 0.15) is 18.3 Å². The van der Waals surface area contributed by atoms with Gasteiger partial charge in [0.2, 0.25) is 0 Å². The molecule has 0 radical (unpaired) electrons. The number of hydrogen-bond acceptors (Lipinski definition) is 6. The average Bonchev–Trinajstić information content (AvgIpc) is 2.69. The summed E-state index contributed by atoms with van der Waals surface area (Å²) < 4.78 is 12.7. The molecule has 0 bridgehead atoms. The highest BCUT2D eigenvalue weighted by atomic mass is 32.2. The van der Waals surface area contributed by atoms with Crippen molar-refractivity contribution in [3.63, 3.8) is 0 Å². The lowest BCUT2D eigenvalue weighted by Gasteiger charge is -2.12. The zero-order valence-electron chi connectivity index (χ0n) is 12.5. The summed E-state index contributed by atoms with van der Waals surface area (Å²) in [6.45, 7) is 6.13. The average molecular weight is 318 g/mol. The molecule has 0 fully saturated rings. The summed E-state index contributed by atoms with van der Waals surface area (Å²) in [6, 6.07) is 0. The predicted molar refractivity (Wildman–Crippen MR) is 80.8 cm³/mol. The lowest BCUT2D eigenvalue weighted by atomic mass is 10.3. The molecule has 2 unspecified atom stereocenters. The van der Waals surface area contributed by atoms with E-state index < -0.39 is 21.8 Å². The van der Waals surface area contributed by atoms with Gasteiger partial charge in [0.1, 0.15) is 11.4 Å². The number of hydrogen-bond donors (Lipinski definition) is 2. The molecule has 0 saturated heterocycles. The summed E-state index contributed by atoms with van der Waals surface area (Å²) in [5, 5.41) is 27.9. The predicted octanol–water partition coefficient (Wildman–Crippen LogP) is 0.127. The molecule has 1 rings (SSSR count). The van der Waals surface area contributed by atoms with Crippen LogP contribution in [0, 0.1) is 24.0 Å². The van der Waals surface area contributed by atoms with Crippen LogP contribution in [0.3, 0.4) is 0 Å². The minimum atomic E-state index is -0.825. The van der Waals surface area contributed by atoms with Gasteiger partial charge in [-0.05, 0) is 13.8 Å². The molecule has 8 nitrogen and oxygen atoms in total. The van der Waals surface area contributed by atoms with E-state index in [1.54, 1.807) is 13.8 Å². The Morgan fingerprint density at radius 2 is 2.19 bits per heavy atom. The Labute approximate surface area is 126 Å². The summed E-state index contributed by atoms with van der Waals surface area (Å²) in [6.07, 6.45) is -0.710. The summed E-state index contributed by atoms with van der Waals surface area (Å²) in [5.74, 6) is 1.17. The molecule has 0 saturated carbocycles. The summed E-state index contributed by atoms with van der Waals surface area (Å²) >= 11 is 0. The van der Waals surface area contributed by atoms with Crippen molar-refractivity contribution < 1.29 is 14.2 Å². The molecule has 9 heteroatoms. The molecular weight excluding hydrogens is 296 g/mol. The number of rotatable bonds is 9. The number of nitrogens with zero attached hydrogens (tertiary/aromatic N) is 3. The van der Waals surface area contributed by atoms with E-state index in [0.29, 0.717) is 36.0 Å². The number of aliphatic hydroxyl groups is 1. The molecule has 0 aromatic carbocycles. The highest BCUT2D eigenvalue weighted by Gasteiger charge is 2.22. The summed E-state index contributed by atoms with van der Waals surface area (Å²) in [7, 11) is -0.825. The van der Waals surface area contributed by atoms with Gasteiger partial charge in [-0.1, -0.05) is 6.92 Å². The molecule has 0 aliphatic rings. The van der Waals surface area contributed by atoms with Crippen LogP contribution in [0.2, 0.25) is 0 Å². The second-order valence-corrected chi connectivity index (χ2v) is 6.61. The van der Waals surface area contributed by atoms with Gasteiger partial charge in [0.05, 0.1) is 17.6 Å². The van der Waals surface area contributed by atoms with Gasteiger partial charge < -0.3 is 10.4 Å². The topological polar surface area (TPSA) is 110 Å². The van der Waals surface area contributed by atoms with Crippen molar-refractivity contribution >= 4 is 16.5 Å². The Hall–Kier alpha value is -1.32. The fourth-order valence-corrected chi connectivity index (χ4v) is 2.65. The fraction of sp³-hybridized carbons (Fsp3) is 0.750. The number of nitro groups is 1. The maximum absolute atomic E-state index is 11.2. The van der Waals surface area contributed by atoms with Crippen molar-refractivity contribution in [2.75, 3.05) is 24.6 Å². The molecular formula is C12H22N4O4S. The Balaban J connectivity index is 2.48. The van der Waals surface area contributed by atoms with Crippen molar-refractivity contribution in [2.24, 2.45) is 0 Å². The molecule has 1 aromatic rings. The van der Waals surface area contributed by atoms with E-state index >= 15 is 0 Å². The Kier molecular flexibility index (Phi) is 6.93. The van der Waals surface area contributed by atoms with Crippen LogP contribution in [-0.2, 0) is 17.3 Å². The van der Waals surface area contributed by atoms with Gasteiger partial charge >= 0.3 is 5.69 Å². The van der Waals surface area contributed by atoms with Crippen molar-refractivity contribution in [3.8, 4) is 0 Å². The standard InChI is InChI=1S/C12H22N4O4S/c1-4-21(20)6-5-13-7-11(17)8-15-10(3)12(16(18)19)9(2)14-15/h11,13,17H,4-8H2,1-3H3. The van der Waals surface area contributed by atoms with Crippen LogP contribution in [0.15, 0.2) is 0 Å². The lowest BCUT2D eigenvalue weighted by molar-refractivity contribution is -0.386. The van der Waals surface area contributed by atoms with Gasteiger partial charge in [0.15, 0.2) is 0 Å². The van der Waals surface area contributed by atoms with Crippen LogP contribution in [0.5, 0.6) is 0 Å². The smallest absolute Gasteiger partial charge is 0.312 e. The van der Waals surface area contributed by atoms with E-state index in [1.807, 2.05) is 6.92 Å². The van der Waals surface area contributed by atoms with Crippen molar-refractivity contribution in [1.29, 1.82) is 0 Å². The molecule has 0 amide bonds. The van der Waals surface area contributed by atoms with Gasteiger partial charge in [0, 0.05) is 35.4 Å². The molecule has 2 N–H and O–H groups in total. The highest BCUT2D eigenvalue weighted by molar-refractivity contribution is 7.84. The first kappa shape index (κ1) is 17.7. The maximum atomic E-state index is 11.2. The van der Waals surface area contributed by atoms with Gasteiger partial charge in [-0.2, -0.15) is 5.10 Å². The molecule has 0 aliphatic heterocycles. The number of aryl methyl sites for hydroxylation is 1. The first-order valence-corrected chi connectivity index (χ1v) is 8.27. The third-order valence-corrected chi connectivity index (χ3v) is 4.42. The van der Waals surface area contributed by atoms with Crippen molar-refractivity contribution in [2.45, 2.75) is 33.4 Å². The number of nitrogens with one attached hydrogen (secondary N) is 1. The van der Waals surface area contributed by atoms with Crippen LogP contribution < -0.4 is 5.32 Å². The van der Waals surface area contributed by atoms with Crippen LogP contribution in [-0.4, -0.2) is 54.7 Å². The normalized spacial score (nSPS) is 14.1. The van der Waals surface area contributed by atoms with Gasteiger partial charge in [-0.3, -0.25) is 19.0 Å². The minimum absolute atomic E-state index is 0.00602. The van der Waals surface area contributed by atoms with Crippen LogP contribution in [0.25, 0.3) is 0 Å². The molecule has 0 aliphatic carbocycles. The summed E-state index contributed by atoms with van der Waals surface area (Å²) in [4.78, 5) is 10.4. The molecule has 2 atom stereocenters. The van der Waals surface area contributed by atoms with E-state index in [9.17, 15) is 19.4 Å². The SMILES string of the molecule is CCS(=O)CCNCC(O)Cn1nc(C)c([N+](=O)[O-])c1C. The first-order chi connectivity index (χ1) is 9.86. The highest BCUT2D eigenvalue weighted by Crippen LogP contribution is 2.21. The third kappa shape index (κ3) is 5.18. The molecule has 21 heavy (non-hydrogen) atoms. The minimum Gasteiger partial charge on any atom is -0.390 e. The van der Waals surface area contributed by atoms with Crippen molar-refractivity contribution in [1.82, 2.24) is 15.1 Å². The Morgan fingerprint density at radius 1 is 1.52 bits per heavy atom. The largest absolute Gasteiger partial charge is 0.390 e. The third-order valence-electron chi connectivity index (χ3n) is 3.12. The second kappa shape index (κ2) is 8.20.